The van der Waals surface area contributed by atoms with E-state index in [4.69, 9.17) is 9.47 Å². The van der Waals surface area contributed by atoms with Crippen molar-refractivity contribution >= 4 is 17.5 Å². The molecule has 2 N–H and O–H groups in total. The first-order chi connectivity index (χ1) is 18.8. The number of Topliss-reactive ketones (excluding diaryl/α,β-unsaturated/α-hetero) is 1. The predicted octanol–water partition coefficient (Wildman–Crippen LogP) is 5.91. The van der Waals surface area contributed by atoms with Crippen molar-refractivity contribution in [3.8, 4) is 11.5 Å². The van der Waals surface area contributed by atoms with Gasteiger partial charge in [0, 0.05) is 41.1 Å². The molecule has 1 aromatic heterocycles. The van der Waals surface area contributed by atoms with Crippen LogP contribution in [-0.2, 0) is 16.2 Å². The monoisotopic (exact) mass is 523 g/mol. The number of ether oxygens (including phenoxy) is 2. The summed E-state index contributed by atoms with van der Waals surface area (Å²) >= 11 is 0. The number of pyridine rings is 1. The molecule has 2 aliphatic rings. The van der Waals surface area contributed by atoms with Crippen LogP contribution in [0.5, 0.6) is 11.5 Å². The minimum absolute atomic E-state index is 0.0396. The lowest BCUT2D eigenvalue weighted by atomic mass is 9.68. The Morgan fingerprint density at radius 1 is 1.05 bits per heavy atom. The van der Waals surface area contributed by atoms with E-state index in [-0.39, 0.29) is 17.1 Å². The van der Waals surface area contributed by atoms with Crippen LogP contribution in [0.15, 0.2) is 95.5 Å². The summed E-state index contributed by atoms with van der Waals surface area (Å²) in [6, 6.07) is 20.9. The standard InChI is InChI=1S/C32H33N3O4/c1-20-28(31(37)35-27-12-8-9-15-33-27)29(30-23(34-20)17-32(2,3)18-24(30)36)22-13-14-25(26(16-22)38-4)39-19-21-10-6-5-7-11-21/h5-16,29,34H,17-19H2,1-4H3,(H,33,35,37)/t29-/m1/s1. The number of dihydropyridines is 1. The largest absolute Gasteiger partial charge is 0.493 e. The number of benzene rings is 2. The van der Waals surface area contributed by atoms with Crippen LogP contribution in [0.3, 0.4) is 0 Å². The van der Waals surface area contributed by atoms with Crippen molar-refractivity contribution in [2.45, 2.75) is 46.1 Å². The van der Waals surface area contributed by atoms with Crippen molar-refractivity contribution in [3.63, 3.8) is 0 Å². The average Bonchev–Trinajstić information content (AvgIpc) is 2.91. The average molecular weight is 524 g/mol. The van der Waals surface area contributed by atoms with Crippen LogP contribution < -0.4 is 20.1 Å². The van der Waals surface area contributed by atoms with Gasteiger partial charge in [0.05, 0.1) is 7.11 Å². The second-order valence-electron chi connectivity index (χ2n) is 10.8. The fourth-order valence-electron chi connectivity index (χ4n) is 5.41. The first-order valence-electron chi connectivity index (χ1n) is 13.1. The fourth-order valence-corrected chi connectivity index (χ4v) is 5.41. The van der Waals surface area contributed by atoms with Crippen LogP contribution in [-0.4, -0.2) is 23.8 Å². The molecular formula is C32H33N3O4. The minimum atomic E-state index is -0.564. The number of hydrogen-bond acceptors (Lipinski definition) is 6. The molecule has 2 heterocycles. The second kappa shape index (κ2) is 10.8. The lowest BCUT2D eigenvalue weighted by Gasteiger charge is -2.39. The van der Waals surface area contributed by atoms with E-state index in [1.807, 2.05) is 61.5 Å². The van der Waals surface area contributed by atoms with Gasteiger partial charge in [-0.25, -0.2) is 4.98 Å². The maximum atomic E-state index is 13.7. The highest BCUT2D eigenvalue weighted by molar-refractivity contribution is 6.09. The van der Waals surface area contributed by atoms with E-state index in [0.717, 1.165) is 16.8 Å². The molecule has 0 saturated carbocycles. The zero-order valence-electron chi connectivity index (χ0n) is 22.7. The molecule has 1 aliphatic carbocycles. The summed E-state index contributed by atoms with van der Waals surface area (Å²) in [5, 5.41) is 6.31. The molecule has 39 heavy (non-hydrogen) atoms. The van der Waals surface area contributed by atoms with Gasteiger partial charge in [-0.3, -0.25) is 9.59 Å². The van der Waals surface area contributed by atoms with Gasteiger partial charge in [0.25, 0.3) is 5.91 Å². The number of ketones is 1. The molecule has 200 valence electrons. The van der Waals surface area contributed by atoms with Crippen molar-refractivity contribution < 1.29 is 19.1 Å². The summed E-state index contributed by atoms with van der Waals surface area (Å²) in [6.45, 7) is 6.46. The molecule has 1 atom stereocenters. The molecule has 2 aromatic carbocycles. The number of carbonyl (C=O) groups excluding carboxylic acids is 2. The number of amides is 1. The third-order valence-corrected chi connectivity index (χ3v) is 7.15. The topological polar surface area (TPSA) is 89.5 Å². The zero-order chi connectivity index (χ0) is 27.6. The first kappa shape index (κ1) is 26.2. The van der Waals surface area contributed by atoms with Gasteiger partial charge in [-0.05, 0) is 54.2 Å². The summed E-state index contributed by atoms with van der Waals surface area (Å²) in [5.74, 6) is 0.735. The smallest absolute Gasteiger partial charge is 0.255 e. The molecule has 5 rings (SSSR count). The highest BCUT2D eigenvalue weighted by Gasteiger charge is 2.43. The van der Waals surface area contributed by atoms with E-state index in [9.17, 15) is 9.59 Å². The van der Waals surface area contributed by atoms with Crippen molar-refractivity contribution in [2.75, 3.05) is 12.4 Å². The number of aromatic nitrogens is 1. The van der Waals surface area contributed by atoms with Crippen LogP contribution >= 0.6 is 0 Å². The van der Waals surface area contributed by atoms with Crippen molar-refractivity contribution in [3.05, 3.63) is 107 Å². The van der Waals surface area contributed by atoms with E-state index in [1.54, 1.807) is 25.4 Å². The molecule has 1 amide bonds. The molecule has 0 saturated heterocycles. The highest BCUT2D eigenvalue weighted by Crippen LogP contribution is 2.47. The number of nitrogens with one attached hydrogen (secondary N) is 2. The third kappa shape index (κ3) is 5.58. The van der Waals surface area contributed by atoms with E-state index in [0.29, 0.717) is 53.6 Å². The van der Waals surface area contributed by atoms with Gasteiger partial charge in [-0.15, -0.1) is 0 Å². The highest BCUT2D eigenvalue weighted by atomic mass is 16.5. The van der Waals surface area contributed by atoms with Gasteiger partial charge in [0.1, 0.15) is 12.4 Å². The third-order valence-electron chi connectivity index (χ3n) is 7.15. The second-order valence-corrected chi connectivity index (χ2v) is 10.8. The van der Waals surface area contributed by atoms with Crippen molar-refractivity contribution in [1.82, 2.24) is 10.3 Å². The quantitative estimate of drug-likeness (QED) is 0.400. The summed E-state index contributed by atoms with van der Waals surface area (Å²) < 4.78 is 11.8. The van der Waals surface area contributed by atoms with Crippen LogP contribution in [0.25, 0.3) is 0 Å². The van der Waals surface area contributed by atoms with E-state index in [1.165, 1.54) is 0 Å². The van der Waals surface area contributed by atoms with Gasteiger partial charge in [0.15, 0.2) is 17.3 Å². The summed E-state index contributed by atoms with van der Waals surface area (Å²) in [5.41, 5.74) is 4.34. The lowest BCUT2D eigenvalue weighted by molar-refractivity contribution is -0.118. The molecule has 0 fully saturated rings. The number of carbonyl (C=O) groups is 2. The molecule has 0 spiro atoms. The zero-order valence-corrected chi connectivity index (χ0v) is 22.7. The van der Waals surface area contributed by atoms with Crippen LogP contribution in [0.2, 0.25) is 0 Å². The van der Waals surface area contributed by atoms with Gasteiger partial charge < -0.3 is 20.1 Å². The van der Waals surface area contributed by atoms with E-state index in [2.05, 4.69) is 29.5 Å². The number of nitrogens with zero attached hydrogens (tertiary/aromatic N) is 1. The maximum absolute atomic E-state index is 13.7. The number of methoxy groups -OCH3 is 1. The fraction of sp³-hybridized carbons (Fsp3) is 0.281. The van der Waals surface area contributed by atoms with Crippen molar-refractivity contribution in [2.24, 2.45) is 5.41 Å². The number of allylic oxidation sites excluding steroid dienone is 3. The minimum Gasteiger partial charge on any atom is -0.493 e. The normalized spacial score (nSPS) is 18.3. The number of anilines is 1. The maximum Gasteiger partial charge on any atom is 0.255 e. The van der Waals surface area contributed by atoms with Gasteiger partial charge in [-0.1, -0.05) is 56.3 Å². The molecular weight excluding hydrogens is 490 g/mol. The summed E-state index contributed by atoms with van der Waals surface area (Å²) in [4.78, 5) is 31.6. The number of rotatable bonds is 7. The van der Waals surface area contributed by atoms with E-state index < -0.39 is 5.92 Å². The first-order valence-corrected chi connectivity index (χ1v) is 13.1. The molecule has 0 unspecified atom stereocenters. The lowest BCUT2D eigenvalue weighted by Crippen LogP contribution is -2.39. The Bertz CT molecular complexity index is 1460. The predicted molar refractivity (Wildman–Crippen MR) is 150 cm³/mol. The summed E-state index contributed by atoms with van der Waals surface area (Å²) in [6.07, 6.45) is 2.75. The SMILES string of the molecule is COc1cc([C@@H]2C(C(=O)Nc3ccccn3)=C(C)NC3=C2C(=O)CC(C)(C)C3)ccc1OCc1ccccc1. The molecule has 7 heteroatoms. The Hall–Kier alpha value is -4.39. The van der Waals surface area contributed by atoms with Crippen LogP contribution in [0.4, 0.5) is 5.82 Å². The Morgan fingerprint density at radius 3 is 2.54 bits per heavy atom. The van der Waals surface area contributed by atoms with E-state index >= 15 is 0 Å². The Kier molecular flexibility index (Phi) is 7.24. The Morgan fingerprint density at radius 2 is 1.82 bits per heavy atom. The van der Waals surface area contributed by atoms with Gasteiger partial charge in [0.2, 0.25) is 0 Å². The molecule has 0 radical (unpaired) electrons. The Labute approximate surface area is 228 Å². The summed E-state index contributed by atoms with van der Waals surface area (Å²) in [7, 11) is 1.59. The van der Waals surface area contributed by atoms with Crippen LogP contribution in [0.1, 0.15) is 50.7 Å². The molecule has 1 aliphatic heterocycles. The molecule has 0 bridgehead atoms. The van der Waals surface area contributed by atoms with Gasteiger partial charge >= 0.3 is 0 Å². The number of hydrogen-bond donors (Lipinski definition) is 2. The van der Waals surface area contributed by atoms with Crippen molar-refractivity contribution in [1.29, 1.82) is 0 Å². The molecule has 7 nitrogen and oxygen atoms in total. The van der Waals surface area contributed by atoms with Crippen LogP contribution in [0, 0.1) is 5.41 Å². The Balaban J connectivity index is 1.54. The van der Waals surface area contributed by atoms with Gasteiger partial charge in [-0.2, -0.15) is 0 Å². The molecule has 3 aromatic rings.